The Morgan fingerprint density at radius 1 is 1.04 bits per heavy atom. The van der Waals surface area contributed by atoms with E-state index in [0.717, 1.165) is 79.1 Å². The second-order valence-electron chi connectivity index (χ2n) is 6.89. The molecule has 5 rings (SSSR count). The summed E-state index contributed by atoms with van der Waals surface area (Å²) >= 11 is 3.55. The number of benzene rings is 1. The highest BCUT2D eigenvalue weighted by Crippen LogP contribution is 2.35. The summed E-state index contributed by atoms with van der Waals surface area (Å²) in [7, 11) is 0. The van der Waals surface area contributed by atoms with Crippen molar-refractivity contribution in [2.24, 2.45) is 0 Å². The van der Waals surface area contributed by atoms with E-state index in [4.69, 9.17) is 14.5 Å². The van der Waals surface area contributed by atoms with Crippen molar-refractivity contribution in [2.75, 3.05) is 39.5 Å². The van der Waals surface area contributed by atoms with Gasteiger partial charge in [0.15, 0.2) is 5.82 Å². The zero-order valence-corrected chi connectivity index (χ0v) is 17.0. The molecule has 0 bridgehead atoms. The van der Waals surface area contributed by atoms with Gasteiger partial charge in [-0.3, -0.25) is 4.90 Å². The van der Waals surface area contributed by atoms with Gasteiger partial charge < -0.3 is 14.0 Å². The summed E-state index contributed by atoms with van der Waals surface area (Å²) in [4.78, 5) is 11.8. The SMILES string of the molecule is Brc1ccc2c(c1)-c1nc(-c3ncnn3CCN3CCOCC3)cn1CCO2. The number of hydrogen-bond acceptors (Lipinski definition) is 6. The van der Waals surface area contributed by atoms with Crippen LogP contribution in [0.4, 0.5) is 0 Å². The highest BCUT2D eigenvalue weighted by atomic mass is 79.9. The molecule has 0 amide bonds. The van der Waals surface area contributed by atoms with Crippen LogP contribution in [0.15, 0.2) is 35.2 Å². The molecule has 1 saturated heterocycles. The molecular weight excluding hydrogens is 424 g/mol. The fraction of sp³-hybridized carbons (Fsp3) is 0.421. The smallest absolute Gasteiger partial charge is 0.178 e. The average Bonchev–Trinajstić information content (AvgIpc) is 3.32. The molecule has 9 heteroatoms. The van der Waals surface area contributed by atoms with E-state index in [0.29, 0.717) is 6.61 Å². The second-order valence-corrected chi connectivity index (χ2v) is 7.81. The summed E-state index contributed by atoms with van der Waals surface area (Å²) in [6, 6.07) is 6.02. The molecule has 3 aromatic rings. The summed E-state index contributed by atoms with van der Waals surface area (Å²) in [6.07, 6.45) is 3.65. The van der Waals surface area contributed by atoms with Gasteiger partial charge in [0, 0.05) is 30.3 Å². The molecule has 0 spiro atoms. The predicted octanol–water partition coefficient (Wildman–Crippen LogP) is 2.30. The third-order valence-electron chi connectivity index (χ3n) is 5.13. The van der Waals surface area contributed by atoms with Crippen molar-refractivity contribution < 1.29 is 9.47 Å². The number of aromatic nitrogens is 5. The Balaban J connectivity index is 1.43. The third-order valence-corrected chi connectivity index (χ3v) is 5.62. The van der Waals surface area contributed by atoms with Gasteiger partial charge in [-0.1, -0.05) is 15.9 Å². The molecule has 0 N–H and O–H groups in total. The van der Waals surface area contributed by atoms with Crippen LogP contribution in [0.1, 0.15) is 0 Å². The Morgan fingerprint density at radius 3 is 2.82 bits per heavy atom. The first-order valence-corrected chi connectivity index (χ1v) is 10.3. The molecule has 1 aromatic carbocycles. The molecule has 2 aromatic heterocycles. The molecule has 0 atom stereocenters. The number of rotatable bonds is 4. The first kappa shape index (κ1) is 17.8. The van der Waals surface area contributed by atoms with E-state index < -0.39 is 0 Å². The summed E-state index contributed by atoms with van der Waals surface area (Å²) in [5.74, 6) is 2.55. The molecule has 8 nitrogen and oxygen atoms in total. The van der Waals surface area contributed by atoms with Crippen molar-refractivity contribution in [3.8, 4) is 28.7 Å². The normalized spacial score (nSPS) is 16.9. The lowest BCUT2D eigenvalue weighted by Gasteiger charge is -2.26. The van der Waals surface area contributed by atoms with E-state index >= 15 is 0 Å². The largest absolute Gasteiger partial charge is 0.491 e. The van der Waals surface area contributed by atoms with Gasteiger partial charge in [-0.05, 0) is 18.2 Å². The summed E-state index contributed by atoms with van der Waals surface area (Å²) in [6.45, 7) is 6.60. The maximum atomic E-state index is 5.87. The average molecular weight is 445 g/mol. The Kier molecular flexibility index (Phi) is 4.87. The Hall–Kier alpha value is -2.23. The first-order chi connectivity index (χ1) is 13.8. The molecule has 28 heavy (non-hydrogen) atoms. The van der Waals surface area contributed by atoms with Crippen LogP contribution in [0, 0.1) is 0 Å². The van der Waals surface area contributed by atoms with Crippen LogP contribution in [0.2, 0.25) is 0 Å². The monoisotopic (exact) mass is 444 g/mol. The Bertz CT molecular complexity index is 979. The minimum Gasteiger partial charge on any atom is -0.491 e. The third kappa shape index (κ3) is 3.45. The van der Waals surface area contributed by atoms with Crippen molar-refractivity contribution in [3.05, 3.63) is 35.2 Å². The van der Waals surface area contributed by atoms with Gasteiger partial charge in [-0.2, -0.15) is 5.10 Å². The summed E-state index contributed by atoms with van der Waals surface area (Å²) in [5.41, 5.74) is 1.82. The van der Waals surface area contributed by atoms with Crippen LogP contribution in [0.5, 0.6) is 5.75 Å². The van der Waals surface area contributed by atoms with Gasteiger partial charge in [0.05, 0.1) is 31.9 Å². The van der Waals surface area contributed by atoms with Gasteiger partial charge in [-0.15, -0.1) is 0 Å². The molecule has 0 saturated carbocycles. The molecule has 0 radical (unpaired) electrons. The van der Waals surface area contributed by atoms with E-state index in [-0.39, 0.29) is 0 Å². The number of imidazole rings is 1. The van der Waals surface area contributed by atoms with E-state index in [1.165, 1.54) is 0 Å². The Labute approximate surface area is 171 Å². The molecule has 1 fully saturated rings. The van der Waals surface area contributed by atoms with Crippen molar-refractivity contribution in [2.45, 2.75) is 13.1 Å². The number of halogens is 1. The van der Waals surface area contributed by atoms with Gasteiger partial charge >= 0.3 is 0 Å². The van der Waals surface area contributed by atoms with Gasteiger partial charge in [0.2, 0.25) is 0 Å². The molecule has 0 aliphatic carbocycles. The van der Waals surface area contributed by atoms with Crippen LogP contribution in [0.25, 0.3) is 22.9 Å². The zero-order chi connectivity index (χ0) is 18.9. The number of morpholine rings is 1. The summed E-state index contributed by atoms with van der Waals surface area (Å²) < 4.78 is 16.4. The summed E-state index contributed by atoms with van der Waals surface area (Å²) in [5, 5.41) is 4.43. The van der Waals surface area contributed by atoms with E-state index in [9.17, 15) is 0 Å². The first-order valence-electron chi connectivity index (χ1n) is 9.46. The van der Waals surface area contributed by atoms with Crippen molar-refractivity contribution in [1.82, 2.24) is 29.2 Å². The van der Waals surface area contributed by atoms with Crippen LogP contribution >= 0.6 is 15.9 Å². The topological polar surface area (TPSA) is 70.2 Å². The maximum absolute atomic E-state index is 5.87. The molecular formula is C19H21BrN6O2. The lowest BCUT2D eigenvalue weighted by molar-refractivity contribution is 0.0360. The molecule has 4 heterocycles. The van der Waals surface area contributed by atoms with Crippen LogP contribution in [0.3, 0.4) is 0 Å². The number of nitrogens with zero attached hydrogens (tertiary/aromatic N) is 6. The van der Waals surface area contributed by atoms with Crippen LogP contribution in [-0.4, -0.2) is 68.7 Å². The van der Waals surface area contributed by atoms with Crippen molar-refractivity contribution in [3.63, 3.8) is 0 Å². The fourth-order valence-electron chi connectivity index (χ4n) is 3.65. The second kappa shape index (κ2) is 7.65. The lowest BCUT2D eigenvalue weighted by atomic mass is 10.2. The van der Waals surface area contributed by atoms with Gasteiger partial charge in [0.25, 0.3) is 0 Å². The number of ether oxygens (including phenoxy) is 2. The maximum Gasteiger partial charge on any atom is 0.178 e. The van der Waals surface area contributed by atoms with E-state index in [1.807, 2.05) is 29.1 Å². The van der Waals surface area contributed by atoms with Gasteiger partial charge in [0.1, 0.15) is 30.2 Å². The molecule has 2 aliphatic heterocycles. The van der Waals surface area contributed by atoms with Crippen molar-refractivity contribution >= 4 is 15.9 Å². The number of fused-ring (bicyclic) bond motifs is 3. The highest BCUT2D eigenvalue weighted by Gasteiger charge is 2.21. The van der Waals surface area contributed by atoms with E-state index in [2.05, 4.69) is 35.5 Å². The fourth-order valence-corrected chi connectivity index (χ4v) is 4.01. The zero-order valence-electron chi connectivity index (χ0n) is 15.4. The van der Waals surface area contributed by atoms with Gasteiger partial charge in [-0.25, -0.2) is 14.6 Å². The highest BCUT2D eigenvalue weighted by molar-refractivity contribution is 9.10. The van der Waals surface area contributed by atoms with Crippen LogP contribution < -0.4 is 4.74 Å². The van der Waals surface area contributed by atoms with Crippen LogP contribution in [-0.2, 0) is 17.8 Å². The van der Waals surface area contributed by atoms with Crippen molar-refractivity contribution in [1.29, 1.82) is 0 Å². The molecule has 2 aliphatic rings. The quantitative estimate of drug-likeness (QED) is 0.614. The number of hydrogen-bond donors (Lipinski definition) is 0. The minimum atomic E-state index is 0.612. The van der Waals surface area contributed by atoms with E-state index in [1.54, 1.807) is 6.33 Å². The molecule has 0 unspecified atom stereocenters. The lowest BCUT2D eigenvalue weighted by Crippen LogP contribution is -2.38. The standard InChI is InChI=1S/C19H21BrN6O2/c20-14-1-2-17-15(11-14)18-23-16(12-25(18)7-10-28-17)19-21-13-22-26(19)4-3-24-5-8-27-9-6-24/h1-2,11-13H,3-10H2. The molecule has 146 valence electrons. The predicted molar refractivity (Wildman–Crippen MR) is 107 cm³/mol. The minimum absolute atomic E-state index is 0.612. The Morgan fingerprint density at radius 2 is 1.93 bits per heavy atom.